The normalized spacial score (nSPS) is 14.1. The first kappa shape index (κ1) is 19.8. The van der Waals surface area contributed by atoms with E-state index in [2.05, 4.69) is 125 Å². The lowest BCUT2D eigenvalue weighted by Crippen LogP contribution is -2.38. The topological polar surface area (TPSA) is 21.1 Å². The van der Waals surface area contributed by atoms with E-state index in [0.717, 1.165) is 24.4 Å². The third-order valence-corrected chi connectivity index (χ3v) is 6.87. The molecule has 2 heterocycles. The first-order chi connectivity index (χ1) is 16.4. The lowest BCUT2D eigenvalue weighted by molar-refractivity contribution is 0.475. The molecule has 1 fully saturated rings. The molecule has 4 aromatic carbocycles. The van der Waals surface area contributed by atoms with Gasteiger partial charge in [-0.15, -0.1) is 0 Å². The molecule has 3 nitrogen and oxygen atoms in total. The molecule has 6 rings (SSSR count). The number of anilines is 1. The molecule has 0 bridgehead atoms. The second-order valence-electron chi connectivity index (χ2n) is 8.76. The van der Waals surface area contributed by atoms with Crippen LogP contribution in [-0.2, 0) is 5.54 Å². The summed E-state index contributed by atoms with van der Waals surface area (Å²) in [5, 5.41) is 6.63. The Kier molecular flexibility index (Phi) is 4.95. The molecule has 0 saturated carbocycles. The zero-order valence-electron chi connectivity index (χ0n) is 18.6. The summed E-state index contributed by atoms with van der Waals surface area (Å²) in [6, 6.07) is 41.1. The molecule has 33 heavy (non-hydrogen) atoms. The van der Waals surface area contributed by atoms with Gasteiger partial charge in [-0.2, -0.15) is 5.10 Å². The van der Waals surface area contributed by atoms with Crippen molar-refractivity contribution in [2.45, 2.75) is 18.4 Å². The molecule has 162 valence electrons. The number of rotatable bonds is 5. The van der Waals surface area contributed by atoms with Crippen LogP contribution in [0.2, 0.25) is 0 Å². The van der Waals surface area contributed by atoms with Crippen molar-refractivity contribution in [1.29, 1.82) is 0 Å². The van der Waals surface area contributed by atoms with Crippen LogP contribution in [0.5, 0.6) is 0 Å². The van der Waals surface area contributed by atoms with Crippen molar-refractivity contribution in [1.82, 2.24) is 9.78 Å². The number of aromatic nitrogens is 2. The third-order valence-electron chi connectivity index (χ3n) is 6.87. The molecular weight excluding hydrogens is 402 g/mol. The maximum Gasteiger partial charge on any atom is 0.158 e. The molecule has 0 radical (unpaired) electrons. The smallest absolute Gasteiger partial charge is 0.158 e. The molecular formula is C30H27N3. The fourth-order valence-corrected chi connectivity index (χ4v) is 5.37. The molecule has 0 aliphatic carbocycles. The average Bonchev–Trinajstić information content (AvgIpc) is 3.56. The molecule has 1 saturated heterocycles. The fraction of sp³-hybridized carbons (Fsp3) is 0.167. The van der Waals surface area contributed by atoms with Crippen molar-refractivity contribution in [3.8, 4) is 0 Å². The Balaban J connectivity index is 1.76. The van der Waals surface area contributed by atoms with Crippen LogP contribution in [0.1, 0.15) is 29.5 Å². The SMILES string of the molecule is c1ccc(C(c2ccccc2)(c2ccccc2)n2nc(N3CCCC3)c3ccccc32)cc1. The van der Waals surface area contributed by atoms with E-state index in [4.69, 9.17) is 5.10 Å². The van der Waals surface area contributed by atoms with E-state index in [1.165, 1.54) is 34.9 Å². The maximum atomic E-state index is 5.42. The van der Waals surface area contributed by atoms with Gasteiger partial charge in [0, 0.05) is 18.5 Å². The fourth-order valence-electron chi connectivity index (χ4n) is 5.37. The maximum absolute atomic E-state index is 5.42. The molecule has 0 atom stereocenters. The van der Waals surface area contributed by atoms with Crippen molar-refractivity contribution in [2.75, 3.05) is 18.0 Å². The monoisotopic (exact) mass is 429 g/mol. The molecule has 0 N–H and O–H groups in total. The highest BCUT2D eigenvalue weighted by atomic mass is 15.4. The quantitative estimate of drug-likeness (QED) is 0.298. The molecule has 0 spiro atoms. The number of benzene rings is 4. The minimum atomic E-state index is -0.596. The minimum Gasteiger partial charge on any atom is -0.355 e. The second kappa shape index (κ2) is 8.25. The molecule has 1 aromatic heterocycles. The van der Waals surface area contributed by atoms with Crippen LogP contribution in [0.3, 0.4) is 0 Å². The van der Waals surface area contributed by atoms with Gasteiger partial charge < -0.3 is 4.90 Å². The largest absolute Gasteiger partial charge is 0.355 e. The summed E-state index contributed by atoms with van der Waals surface area (Å²) in [5.41, 5.74) is 4.15. The van der Waals surface area contributed by atoms with Crippen molar-refractivity contribution in [3.05, 3.63) is 132 Å². The highest BCUT2D eigenvalue weighted by molar-refractivity contribution is 5.91. The van der Waals surface area contributed by atoms with Gasteiger partial charge in [0.1, 0.15) is 5.54 Å². The van der Waals surface area contributed by atoms with Gasteiger partial charge in [-0.3, -0.25) is 0 Å². The highest BCUT2D eigenvalue weighted by Gasteiger charge is 2.41. The molecule has 3 heteroatoms. The number of fused-ring (bicyclic) bond motifs is 1. The van der Waals surface area contributed by atoms with Crippen LogP contribution in [0.25, 0.3) is 10.9 Å². The van der Waals surface area contributed by atoms with E-state index in [0.29, 0.717) is 0 Å². The first-order valence-electron chi connectivity index (χ1n) is 11.8. The van der Waals surface area contributed by atoms with Crippen LogP contribution in [0.4, 0.5) is 5.82 Å². The lowest BCUT2D eigenvalue weighted by atomic mass is 9.77. The summed E-state index contributed by atoms with van der Waals surface area (Å²) < 4.78 is 2.27. The molecule has 0 amide bonds. The summed E-state index contributed by atoms with van der Waals surface area (Å²) in [6.45, 7) is 2.13. The van der Waals surface area contributed by atoms with Gasteiger partial charge in [-0.25, -0.2) is 4.68 Å². The zero-order chi connectivity index (χ0) is 22.1. The second-order valence-corrected chi connectivity index (χ2v) is 8.76. The van der Waals surface area contributed by atoms with Crippen molar-refractivity contribution < 1.29 is 0 Å². The minimum absolute atomic E-state index is 0.596. The number of para-hydroxylation sites is 1. The summed E-state index contributed by atoms with van der Waals surface area (Å²) in [5.74, 6) is 1.09. The Morgan fingerprint density at radius 3 is 1.52 bits per heavy atom. The predicted octanol–water partition coefficient (Wildman–Crippen LogP) is 6.48. The molecule has 1 aliphatic heterocycles. The van der Waals surface area contributed by atoms with Gasteiger partial charge in [0.15, 0.2) is 5.82 Å². The van der Waals surface area contributed by atoms with Crippen LogP contribution in [-0.4, -0.2) is 22.9 Å². The summed E-state index contributed by atoms with van der Waals surface area (Å²) >= 11 is 0. The molecule has 1 aliphatic rings. The van der Waals surface area contributed by atoms with Crippen LogP contribution in [0.15, 0.2) is 115 Å². The summed E-state index contributed by atoms with van der Waals surface area (Å²) in [6.07, 6.45) is 2.45. The van der Waals surface area contributed by atoms with Crippen molar-refractivity contribution >= 4 is 16.7 Å². The number of hydrogen-bond acceptors (Lipinski definition) is 2. The summed E-state index contributed by atoms with van der Waals surface area (Å²) in [4.78, 5) is 2.45. The van der Waals surface area contributed by atoms with E-state index in [-0.39, 0.29) is 0 Å². The first-order valence-corrected chi connectivity index (χ1v) is 11.8. The van der Waals surface area contributed by atoms with Crippen molar-refractivity contribution in [3.63, 3.8) is 0 Å². The van der Waals surface area contributed by atoms with E-state index in [1.807, 2.05) is 0 Å². The Hall–Kier alpha value is -3.85. The van der Waals surface area contributed by atoms with Gasteiger partial charge in [-0.1, -0.05) is 103 Å². The third kappa shape index (κ3) is 3.15. The molecule has 0 unspecified atom stereocenters. The van der Waals surface area contributed by atoms with Gasteiger partial charge in [0.05, 0.1) is 5.52 Å². The number of nitrogens with zero attached hydrogens (tertiary/aromatic N) is 3. The van der Waals surface area contributed by atoms with E-state index < -0.39 is 5.54 Å². The van der Waals surface area contributed by atoms with Gasteiger partial charge in [-0.05, 0) is 41.7 Å². The van der Waals surface area contributed by atoms with Gasteiger partial charge >= 0.3 is 0 Å². The zero-order valence-corrected chi connectivity index (χ0v) is 18.6. The Morgan fingerprint density at radius 1 is 0.545 bits per heavy atom. The average molecular weight is 430 g/mol. The lowest BCUT2D eigenvalue weighted by Gasteiger charge is -2.37. The Labute approximate surface area is 194 Å². The van der Waals surface area contributed by atoms with Crippen molar-refractivity contribution in [2.24, 2.45) is 0 Å². The predicted molar refractivity (Wildman–Crippen MR) is 136 cm³/mol. The number of hydrogen-bond donors (Lipinski definition) is 0. The van der Waals surface area contributed by atoms with Crippen LogP contribution < -0.4 is 4.90 Å². The van der Waals surface area contributed by atoms with Gasteiger partial charge in [0.2, 0.25) is 0 Å². The van der Waals surface area contributed by atoms with E-state index >= 15 is 0 Å². The van der Waals surface area contributed by atoms with E-state index in [9.17, 15) is 0 Å². The van der Waals surface area contributed by atoms with Gasteiger partial charge in [0.25, 0.3) is 0 Å². The Bertz CT molecular complexity index is 1250. The highest BCUT2D eigenvalue weighted by Crippen LogP contribution is 2.44. The molecule has 5 aromatic rings. The van der Waals surface area contributed by atoms with Crippen LogP contribution >= 0.6 is 0 Å². The summed E-state index contributed by atoms with van der Waals surface area (Å²) in [7, 11) is 0. The Morgan fingerprint density at radius 2 is 1.00 bits per heavy atom. The van der Waals surface area contributed by atoms with Crippen LogP contribution in [0, 0.1) is 0 Å². The standard InChI is InChI=1S/C30H27N3/c1-4-14-24(15-5-1)30(25-16-6-2-7-17-25,26-18-8-3-9-19-26)33-28-21-11-10-20-27(28)29(31-33)32-22-12-13-23-32/h1-11,14-21H,12-13,22-23H2. The van der Waals surface area contributed by atoms with E-state index in [1.54, 1.807) is 0 Å².